The number of alkyl halides is 1. The lowest BCUT2D eigenvalue weighted by molar-refractivity contribution is 0.0701. The fourth-order valence-corrected chi connectivity index (χ4v) is 3.30. The van der Waals surface area contributed by atoms with Crippen molar-refractivity contribution in [3.8, 4) is 6.07 Å². The first kappa shape index (κ1) is 14.3. The summed E-state index contributed by atoms with van der Waals surface area (Å²) in [5.74, 6) is 0. The lowest BCUT2D eigenvalue weighted by Gasteiger charge is -2.22. The Balaban J connectivity index is 2.05. The molecule has 1 saturated heterocycles. The van der Waals surface area contributed by atoms with Crippen LogP contribution in [0.3, 0.4) is 0 Å². The molecule has 2 aliphatic heterocycles. The molecule has 0 amide bonds. The summed E-state index contributed by atoms with van der Waals surface area (Å²) >= 11 is 6.21. The number of hydrazone groups is 1. The van der Waals surface area contributed by atoms with Crippen LogP contribution >= 0.6 is 11.6 Å². The van der Waals surface area contributed by atoms with E-state index in [0.717, 1.165) is 11.1 Å². The summed E-state index contributed by atoms with van der Waals surface area (Å²) in [6.07, 6.45) is -0.871. The number of methoxy groups -OCH3 is 1. The smallest absolute Gasteiger partial charge is 0.127 e. The zero-order valence-electron chi connectivity index (χ0n) is 11.8. The van der Waals surface area contributed by atoms with E-state index in [9.17, 15) is 4.39 Å². The van der Waals surface area contributed by atoms with Crippen LogP contribution in [0.4, 0.5) is 4.39 Å². The van der Waals surface area contributed by atoms with Crippen LogP contribution in [0.15, 0.2) is 17.2 Å². The summed E-state index contributed by atoms with van der Waals surface area (Å²) in [6, 6.07) is 5.16. The molecule has 1 aromatic rings. The minimum atomic E-state index is -0.939. The van der Waals surface area contributed by atoms with E-state index in [0.29, 0.717) is 29.3 Å². The Kier molecular flexibility index (Phi) is 3.60. The van der Waals surface area contributed by atoms with Crippen LogP contribution in [0, 0.1) is 18.3 Å². The molecule has 1 aromatic carbocycles. The van der Waals surface area contributed by atoms with Crippen LogP contribution in [-0.2, 0) is 4.74 Å². The van der Waals surface area contributed by atoms with Gasteiger partial charge in [-0.1, -0.05) is 17.7 Å². The highest BCUT2D eigenvalue weighted by molar-refractivity contribution is 6.33. The maximum Gasteiger partial charge on any atom is 0.127 e. The third kappa shape index (κ3) is 2.10. The van der Waals surface area contributed by atoms with Crippen molar-refractivity contribution in [2.24, 2.45) is 5.10 Å². The van der Waals surface area contributed by atoms with Crippen LogP contribution < -0.4 is 0 Å². The normalized spacial score (nSPS) is 27.5. The van der Waals surface area contributed by atoms with Crippen molar-refractivity contribution in [1.82, 2.24) is 5.01 Å². The summed E-state index contributed by atoms with van der Waals surface area (Å²) in [5, 5.41) is 15.7. The van der Waals surface area contributed by atoms with E-state index in [1.807, 2.05) is 6.92 Å². The molecule has 0 aliphatic carbocycles. The Morgan fingerprint density at radius 1 is 1.52 bits per heavy atom. The van der Waals surface area contributed by atoms with E-state index in [1.54, 1.807) is 24.3 Å². The van der Waals surface area contributed by atoms with Gasteiger partial charge in [0.05, 0.1) is 16.3 Å². The van der Waals surface area contributed by atoms with Gasteiger partial charge in [0.1, 0.15) is 24.4 Å². The Hall–Kier alpha value is -1.64. The van der Waals surface area contributed by atoms with E-state index >= 15 is 0 Å². The van der Waals surface area contributed by atoms with E-state index in [2.05, 4.69) is 11.2 Å². The Morgan fingerprint density at radius 3 is 2.95 bits per heavy atom. The van der Waals surface area contributed by atoms with Gasteiger partial charge in [0.2, 0.25) is 0 Å². The second-order valence-corrected chi connectivity index (χ2v) is 5.69. The first-order valence-corrected chi connectivity index (χ1v) is 7.18. The van der Waals surface area contributed by atoms with Gasteiger partial charge in [0.15, 0.2) is 0 Å². The second-order valence-electron chi connectivity index (χ2n) is 5.31. The molecule has 0 spiro atoms. The molecule has 0 N–H and O–H groups in total. The zero-order valence-corrected chi connectivity index (χ0v) is 12.6. The number of nitrogens with zero attached hydrogens (tertiary/aromatic N) is 3. The van der Waals surface area contributed by atoms with Gasteiger partial charge in [-0.2, -0.15) is 10.4 Å². The highest BCUT2D eigenvalue weighted by Gasteiger charge is 2.47. The Labute approximate surface area is 127 Å². The van der Waals surface area contributed by atoms with E-state index in [1.165, 1.54) is 0 Å². The van der Waals surface area contributed by atoms with Crippen LogP contribution in [0.1, 0.15) is 23.1 Å². The van der Waals surface area contributed by atoms with Gasteiger partial charge in [-0.25, -0.2) is 4.39 Å². The molecule has 2 aliphatic rings. The largest absolute Gasteiger partial charge is 0.373 e. The number of fused-ring (bicyclic) bond motifs is 1. The molecule has 6 heteroatoms. The fraction of sp³-hybridized carbons (Fsp3) is 0.467. The van der Waals surface area contributed by atoms with Crippen molar-refractivity contribution >= 4 is 17.3 Å². The maximum absolute atomic E-state index is 14.0. The first-order valence-electron chi connectivity index (χ1n) is 6.80. The van der Waals surface area contributed by atoms with Crippen LogP contribution in [-0.4, -0.2) is 42.7 Å². The minimum absolute atomic E-state index is 0.362. The fourth-order valence-electron chi connectivity index (χ4n) is 3.09. The van der Waals surface area contributed by atoms with Gasteiger partial charge in [0, 0.05) is 19.2 Å². The highest BCUT2D eigenvalue weighted by atomic mass is 35.5. The van der Waals surface area contributed by atoms with Gasteiger partial charge >= 0.3 is 0 Å². The number of hydrogen-bond acceptors (Lipinski definition) is 4. The van der Waals surface area contributed by atoms with E-state index < -0.39 is 12.3 Å². The number of rotatable bonds is 2. The predicted octanol–water partition coefficient (Wildman–Crippen LogP) is 2.67. The molecule has 1 fully saturated rings. The third-order valence-electron chi connectivity index (χ3n) is 4.20. The first-order chi connectivity index (χ1) is 10.1. The zero-order chi connectivity index (χ0) is 15.1. The molecular formula is C15H15ClFN3O. The topological polar surface area (TPSA) is 48.6 Å². The molecule has 0 bridgehead atoms. The Morgan fingerprint density at radius 2 is 2.29 bits per heavy atom. The van der Waals surface area contributed by atoms with Gasteiger partial charge in [-0.05, 0) is 25.0 Å². The highest BCUT2D eigenvalue weighted by Crippen LogP contribution is 2.34. The van der Waals surface area contributed by atoms with E-state index in [4.69, 9.17) is 21.6 Å². The van der Waals surface area contributed by atoms with Crippen molar-refractivity contribution in [1.29, 1.82) is 5.26 Å². The lowest BCUT2D eigenvalue weighted by atomic mass is 9.94. The molecule has 110 valence electrons. The molecule has 3 rings (SSSR count). The van der Waals surface area contributed by atoms with E-state index in [-0.39, 0.29) is 6.04 Å². The van der Waals surface area contributed by atoms with Gasteiger partial charge < -0.3 is 4.74 Å². The molecule has 0 radical (unpaired) electrons. The SMILES string of the molecule is COC1C(c2ccc(C#N)c(Cl)c2C)=NN2CC[C@H](F)[C@@H]12. The molecule has 3 atom stereocenters. The monoisotopic (exact) mass is 307 g/mol. The van der Waals surface area contributed by atoms with Gasteiger partial charge in [-0.3, -0.25) is 5.01 Å². The molecule has 0 aromatic heterocycles. The molecular weight excluding hydrogens is 293 g/mol. The van der Waals surface area contributed by atoms with Crippen LogP contribution in [0.5, 0.6) is 0 Å². The average Bonchev–Trinajstić information content (AvgIpc) is 3.02. The Bertz CT molecular complexity index is 655. The summed E-state index contributed by atoms with van der Waals surface area (Å²) in [5.41, 5.74) is 2.70. The second kappa shape index (κ2) is 5.28. The standard InChI is InChI=1S/C15H15ClFN3O/c1-8-10(4-3-9(7-18)12(8)16)13-15(21-2)14-11(17)5-6-20(14)19-13/h3-4,11,14-15H,5-6H2,1-2H3/t11-,14-,15?/m0/s1. The van der Waals surface area contributed by atoms with Crippen molar-refractivity contribution in [2.45, 2.75) is 31.7 Å². The minimum Gasteiger partial charge on any atom is -0.373 e. The van der Waals surface area contributed by atoms with Gasteiger partial charge in [-0.15, -0.1) is 0 Å². The van der Waals surface area contributed by atoms with Crippen molar-refractivity contribution < 1.29 is 9.13 Å². The molecule has 21 heavy (non-hydrogen) atoms. The summed E-state index contributed by atoms with van der Waals surface area (Å²) in [4.78, 5) is 0. The molecule has 2 heterocycles. The molecule has 1 unspecified atom stereocenters. The number of nitriles is 1. The quantitative estimate of drug-likeness (QED) is 0.844. The average molecular weight is 308 g/mol. The van der Waals surface area contributed by atoms with Gasteiger partial charge in [0.25, 0.3) is 0 Å². The van der Waals surface area contributed by atoms with Crippen LogP contribution in [0.2, 0.25) is 5.02 Å². The lowest BCUT2D eigenvalue weighted by Crippen LogP contribution is -2.40. The molecule has 4 nitrogen and oxygen atoms in total. The van der Waals surface area contributed by atoms with Crippen molar-refractivity contribution in [3.63, 3.8) is 0 Å². The third-order valence-corrected chi connectivity index (χ3v) is 4.69. The predicted molar refractivity (Wildman–Crippen MR) is 78.2 cm³/mol. The van der Waals surface area contributed by atoms with Crippen molar-refractivity contribution in [3.05, 3.63) is 33.8 Å². The van der Waals surface area contributed by atoms with Crippen molar-refractivity contribution in [2.75, 3.05) is 13.7 Å². The number of ether oxygens (including phenoxy) is 1. The summed E-state index contributed by atoms with van der Waals surface area (Å²) in [6.45, 7) is 2.43. The molecule has 0 saturated carbocycles. The summed E-state index contributed by atoms with van der Waals surface area (Å²) < 4.78 is 19.5. The maximum atomic E-state index is 14.0. The number of halogens is 2. The summed E-state index contributed by atoms with van der Waals surface area (Å²) in [7, 11) is 1.56. The number of benzene rings is 1. The number of hydrogen-bond donors (Lipinski definition) is 0. The van der Waals surface area contributed by atoms with Crippen LogP contribution in [0.25, 0.3) is 0 Å².